The van der Waals surface area contributed by atoms with Gasteiger partial charge in [-0.15, -0.1) is 10.2 Å². The molecule has 0 amide bonds. The van der Waals surface area contributed by atoms with Crippen LogP contribution in [0, 0.1) is 10.2 Å². The maximum atomic E-state index is 8.49. The van der Waals surface area contributed by atoms with Gasteiger partial charge in [-0.3, -0.25) is 15.2 Å². The predicted octanol–water partition coefficient (Wildman–Crippen LogP) is -5.95. The summed E-state index contributed by atoms with van der Waals surface area (Å²) in [5.74, 6) is 1.13. The minimum atomic E-state index is -4.94. The van der Waals surface area contributed by atoms with Gasteiger partial charge in [0, 0.05) is 0 Å². The first-order valence-corrected chi connectivity index (χ1v) is 4.68. The van der Waals surface area contributed by atoms with E-state index in [2.05, 4.69) is 10.6 Å². The van der Waals surface area contributed by atoms with Crippen molar-refractivity contribution in [3.63, 3.8) is 0 Å². The first kappa shape index (κ1) is 12.4. The summed E-state index contributed by atoms with van der Waals surface area (Å²) in [7, 11) is -0.915. The van der Waals surface area contributed by atoms with E-state index in [1.165, 1.54) is 0 Å². The van der Waals surface area contributed by atoms with E-state index < -0.39 is 10.2 Å². The molecule has 1 aliphatic heterocycles. The molecule has 0 aromatic rings. The number of hydrogen-bond acceptors (Lipinski definition) is 4. The van der Waals surface area contributed by atoms with E-state index in [1.807, 2.05) is 18.7 Å². The van der Waals surface area contributed by atoms with Gasteiger partial charge in [-0.2, -0.15) is 0 Å². The molecule has 0 aromatic carbocycles. The Labute approximate surface area is 78.0 Å². The average molecular weight is 214 g/mol. The van der Waals surface area contributed by atoms with Crippen LogP contribution in [0.15, 0.2) is 0 Å². The fraction of sp³-hybridized carbons (Fsp3) is 0.800. The number of halogens is 1. The Hall–Kier alpha value is -0.600. The second kappa shape index (κ2) is 5.20. The summed E-state index contributed by atoms with van der Waals surface area (Å²) < 4.78 is 36.0. The van der Waals surface area contributed by atoms with Crippen molar-refractivity contribution in [3.8, 4) is 0 Å². The highest BCUT2D eigenvalue weighted by molar-refractivity contribution is 5.76. The monoisotopic (exact) mass is 213 g/mol. The van der Waals surface area contributed by atoms with Crippen LogP contribution < -0.4 is 29.3 Å². The van der Waals surface area contributed by atoms with Gasteiger partial charge in [0.15, 0.2) is 0 Å². The zero-order valence-corrected chi connectivity index (χ0v) is 8.13. The Morgan fingerprint density at radius 1 is 1.08 bits per heavy atom. The SMILES string of the molecule is C[N+](C)=C1NCCN1.[O-][Cl+3]([O-])([O-])[O-]. The molecule has 0 spiro atoms. The van der Waals surface area contributed by atoms with Crippen LogP contribution in [0.1, 0.15) is 0 Å². The van der Waals surface area contributed by atoms with Gasteiger partial charge in [-0.1, -0.05) is 0 Å². The Bertz CT molecular complexity index is 173. The molecule has 0 saturated carbocycles. The van der Waals surface area contributed by atoms with Crippen molar-refractivity contribution in [3.05, 3.63) is 0 Å². The van der Waals surface area contributed by atoms with E-state index in [4.69, 9.17) is 18.6 Å². The molecule has 1 saturated heterocycles. The normalized spacial score (nSPS) is 15.4. The minimum absolute atomic E-state index is 1.05. The number of guanidine groups is 1. The summed E-state index contributed by atoms with van der Waals surface area (Å²) in [4.78, 5) is 0. The third-order valence-corrected chi connectivity index (χ3v) is 1.16. The molecular formula is C5H12ClN3O4. The van der Waals surface area contributed by atoms with Gasteiger partial charge in [0.05, 0.1) is 27.2 Å². The lowest BCUT2D eigenvalue weighted by atomic mass is 10.7. The van der Waals surface area contributed by atoms with Crippen molar-refractivity contribution in [2.75, 3.05) is 27.2 Å². The molecule has 0 atom stereocenters. The van der Waals surface area contributed by atoms with Gasteiger partial charge in [0.2, 0.25) is 0 Å². The van der Waals surface area contributed by atoms with Crippen LogP contribution in [0.5, 0.6) is 0 Å². The van der Waals surface area contributed by atoms with E-state index in [1.54, 1.807) is 0 Å². The fourth-order valence-corrected chi connectivity index (χ4v) is 0.741. The largest absolute Gasteiger partial charge is 0.345 e. The number of rotatable bonds is 0. The van der Waals surface area contributed by atoms with E-state index in [0.29, 0.717) is 0 Å². The lowest BCUT2D eigenvalue weighted by Crippen LogP contribution is -2.68. The highest BCUT2D eigenvalue weighted by Gasteiger charge is 2.12. The number of nitrogens with zero attached hydrogens (tertiary/aromatic N) is 1. The summed E-state index contributed by atoms with van der Waals surface area (Å²) in [6.07, 6.45) is 0. The highest BCUT2D eigenvalue weighted by atomic mass is 35.7. The quantitative estimate of drug-likeness (QED) is 0.387. The van der Waals surface area contributed by atoms with Crippen molar-refractivity contribution in [2.24, 2.45) is 0 Å². The molecule has 0 bridgehead atoms. The molecule has 7 nitrogen and oxygen atoms in total. The smallest absolute Gasteiger partial charge is 0.275 e. The standard InChI is InChI=1S/C5H11N3.ClHO4/c1-8(2)5-6-3-4-7-5;2-1(3,4)5/h3-4H2,1-2H3,(H,6,7);(H,2,3,4,5). The van der Waals surface area contributed by atoms with E-state index >= 15 is 0 Å². The summed E-state index contributed by atoms with van der Waals surface area (Å²) >= 11 is 0. The summed E-state index contributed by atoms with van der Waals surface area (Å²) in [5, 5.41) is 6.38. The van der Waals surface area contributed by atoms with Crippen LogP contribution in [0.3, 0.4) is 0 Å². The van der Waals surface area contributed by atoms with Gasteiger partial charge >= 0.3 is 5.96 Å². The molecule has 1 heterocycles. The summed E-state index contributed by atoms with van der Waals surface area (Å²) in [6, 6.07) is 0. The molecule has 0 aliphatic carbocycles. The maximum absolute atomic E-state index is 8.49. The van der Waals surface area contributed by atoms with Gasteiger partial charge in [0.1, 0.15) is 0 Å². The number of nitrogens with one attached hydrogen (secondary N) is 2. The second-order valence-corrected chi connectivity index (χ2v) is 3.23. The highest BCUT2D eigenvalue weighted by Crippen LogP contribution is 1.72. The van der Waals surface area contributed by atoms with E-state index in [0.717, 1.165) is 19.0 Å². The van der Waals surface area contributed by atoms with Crippen LogP contribution in [-0.4, -0.2) is 37.7 Å². The van der Waals surface area contributed by atoms with Crippen molar-refractivity contribution in [1.82, 2.24) is 10.6 Å². The van der Waals surface area contributed by atoms with Crippen LogP contribution in [0.2, 0.25) is 0 Å². The Kier molecular flexibility index (Phi) is 4.96. The van der Waals surface area contributed by atoms with Crippen molar-refractivity contribution >= 4 is 5.96 Å². The van der Waals surface area contributed by atoms with Gasteiger partial charge in [-0.05, 0) is 0 Å². The van der Waals surface area contributed by atoms with Gasteiger partial charge in [-0.25, -0.2) is 18.6 Å². The maximum Gasteiger partial charge on any atom is 0.345 e. The molecule has 1 aliphatic rings. The van der Waals surface area contributed by atoms with Crippen LogP contribution in [0.25, 0.3) is 0 Å². The molecular weight excluding hydrogens is 202 g/mol. The molecule has 8 heteroatoms. The summed E-state index contributed by atoms with van der Waals surface area (Å²) in [6.45, 7) is 2.10. The Morgan fingerprint density at radius 3 is 1.54 bits per heavy atom. The Balaban J connectivity index is 0.000000252. The molecule has 78 valence electrons. The summed E-state index contributed by atoms with van der Waals surface area (Å²) in [5.41, 5.74) is 0. The molecule has 1 fully saturated rings. The van der Waals surface area contributed by atoms with Crippen molar-refractivity contribution < 1.29 is 33.5 Å². The first-order valence-electron chi connectivity index (χ1n) is 3.44. The molecule has 1 rings (SSSR count). The van der Waals surface area contributed by atoms with E-state index in [-0.39, 0.29) is 0 Å². The Morgan fingerprint density at radius 2 is 1.38 bits per heavy atom. The van der Waals surface area contributed by atoms with Crippen LogP contribution in [-0.2, 0) is 0 Å². The van der Waals surface area contributed by atoms with Crippen LogP contribution in [0.4, 0.5) is 0 Å². The van der Waals surface area contributed by atoms with Crippen molar-refractivity contribution in [2.45, 2.75) is 0 Å². The van der Waals surface area contributed by atoms with Gasteiger partial charge < -0.3 is 0 Å². The lowest BCUT2D eigenvalue weighted by molar-refractivity contribution is -2.00. The molecule has 2 N–H and O–H groups in total. The van der Waals surface area contributed by atoms with Crippen molar-refractivity contribution in [1.29, 1.82) is 0 Å². The third kappa shape index (κ3) is 9.31. The molecule has 13 heavy (non-hydrogen) atoms. The molecule has 0 unspecified atom stereocenters. The minimum Gasteiger partial charge on any atom is -0.275 e. The number of hydrogen-bond donors (Lipinski definition) is 2. The second-order valence-electron chi connectivity index (χ2n) is 2.47. The molecule has 0 radical (unpaired) electrons. The van der Waals surface area contributed by atoms with E-state index in [9.17, 15) is 0 Å². The third-order valence-electron chi connectivity index (χ3n) is 1.16. The fourth-order valence-electron chi connectivity index (χ4n) is 0.741. The average Bonchev–Trinajstić information content (AvgIpc) is 2.31. The lowest BCUT2D eigenvalue weighted by Gasteiger charge is -2.17. The van der Waals surface area contributed by atoms with Crippen LogP contribution >= 0.6 is 0 Å². The topological polar surface area (TPSA) is 119 Å². The molecule has 0 aromatic heterocycles. The zero-order chi connectivity index (χ0) is 10.5. The predicted molar refractivity (Wildman–Crippen MR) is 33.1 cm³/mol. The first-order chi connectivity index (χ1) is 5.80. The van der Waals surface area contributed by atoms with Gasteiger partial charge in [0.25, 0.3) is 0 Å². The zero-order valence-electron chi connectivity index (χ0n) is 7.37.